The van der Waals surface area contributed by atoms with E-state index in [2.05, 4.69) is 70.9 Å². The molecule has 0 saturated carbocycles. The molecule has 1 aromatic heterocycles. The third-order valence-corrected chi connectivity index (χ3v) is 3.40. The van der Waals surface area contributed by atoms with E-state index in [1.165, 1.54) is 5.56 Å². The first kappa shape index (κ1) is 13.3. The van der Waals surface area contributed by atoms with Gasteiger partial charge >= 0.3 is 0 Å². The Morgan fingerprint density at radius 1 is 1.22 bits per heavy atom. The lowest BCUT2D eigenvalue weighted by Crippen LogP contribution is -2.15. The molecular formula is C14H18BrN3. The van der Waals surface area contributed by atoms with E-state index in [1.54, 1.807) is 6.20 Å². The van der Waals surface area contributed by atoms with Gasteiger partial charge in [-0.15, -0.1) is 0 Å². The molecule has 0 bridgehead atoms. The van der Waals surface area contributed by atoms with Crippen LogP contribution in [-0.4, -0.2) is 9.97 Å². The summed E-state index contributed by atoms with van der Waals surface area (Å²) in [5, 5.41) is 0. The lowest BCUT2D eigenvalue weighted by atomic mass is 9.86. The second kappa shape index (κ2) is 4.86. The average molecular weight is 308 g/mol. The normalized spacial score (nSPS) is 13.6. The van der Waals surface area contributed by atoms with Crippen molar-refractivity contribution in [1.82, 2.24) is 9.97 Å². The highest BCUT2D eigenvalue weighted by molar-refractivity contribution is 9.10. The van der Waals surface area contributed by atoms with Gasteiger partial charge in [-0.3, -0.25) is 0 Å². The number of H-pyrrole nitrogens is 1. The predicted molar refractivity (Wildman–Crippen MR) is 77.5 cm³/mol. The van der Waals surface area contributed by atoms with Crippen molar-refractivity contribution in [3.63, 3.8) is 0 Å². The van der Waals surface area contributed by atoms with Crippen molar-refractivity contribution in [3.05, 3.63) is 52.0 Å². The first-order valence-electron chi connectivity index (χ1n) is 5.94. The van der Waals surface area contributed by atoms with Crippen molar-refractivity contribution in [1.29, 1.82) is 0 Å². The highest BCUT2D eigenvalue weighted by Crippen LogP contribution is 2.25. The molecule has 0 aliphatic carbocycles. The summed E-state index contributed by atoms with van der Waals surface area (Å²) in [6.07, 6.45) is 1.72. The van der Waals surface area contributed by atoms with Crippen molar-refractivity contribution < 1.29 is 0 Å². The minimum atomic E-state index is -0.217. The lowest BCUT2D eigenvalue weighted by molar-refractivity contribution is 0.589. The molecule has 1 atom stereocenters. The van der Waals surface area contributed by atoms with Crippen LogP contribution >= 0.6 is 15.9 Å². The van der Waals surface area contributed by atoms with Gasteiger partial charge in [0.2, 0.25) is 0 Å². The Balaban J connectivity index is 2.24. The van der Waals surface area contributed by atoms with Crippen LogP contribution in [0, 0.1) is 0 Å². The number of nitrogens with one attached hydrogen (secondary N) is 1. The van der Waals surface area contributed by atoms with Gasteiger partial charge < -0.3 is 10.7 Å². The highest BCUT2D eigenvalue weighted by Gasteiger charge is 2.16. The van der Waals surface area contributed by atoms with Crippen LogP contribution in [0.3, 0.4) is 0 Å². The fourth-order valence-corrected chi connectivity index (χ4v) is 2.12. The van der Waals surface area contributed by atoms with Gasteiger partial charge in [0.15, 0.2) is 0 Å². The van der Waals surface area contributed by atoms with Crippen LogP contribution in [0.2, 0.25) is 0 Å². The molecule has 2 rings (SSSR count). The molecule has 0 saturated heterocycles. The molecule has 1 unspecified atom stereocenters. The maximum atomic E-state index is 6.17. The monoisotopic (exact) mass is 307 g/mol. The van der Waals surface area contributed by atoms with Crippen molar-refractivity contribution in [3.8, 4) is 0 Å². The molecule has 1 aromatic carbocycles. The van der Waals surface area contributed by atoms with E-state index < -0.39 is 0 Å². The number of halogens is 1. The maximum absolute atomic E-state index is 6.17. The van der Waals surface area contributed by atoms with Gasteiger partial charge in [-0.05, 0) is 32.5 Å². The van der Waals surface area contributed by atoms with Crippen LogP contribution in [0.1, 0.15) is 43.8 Å². The molecule has 4 heteroatoms. The Morgan fingerprint density at radius 2 is 1.83 bits per heavy atom. The van der Waals surface area contributed by atoms with E-state index in [1.807, 2.05) is 0 Å². The third kappa shape index (κ3) is 2.82. The molecule has 18 heavy (non-hydrogen) atoms. The number of imidazole rings is 1. The summed E-state index contributed by atoms with van der Waals surface area (Å²) in [5.41, 5.74) is 8.70. The second-order valence-electron chi connectivity index (χ2n) is 5.47. The van der Waals surface area contributed by atoms with Crippen LogP contribution in [0.25, 0.3) is 0 Å². The summed E-state index contributed by atoms with van der Waals surface area (Å²) in [4.78, 5) is 7.34. The minimum Gasteiger partial charge on any atom is -0.335 e. The summed E-state index contributed by atoms with van der Waals surface area (Å²) in [5.74, 6) is 0.769. The first-order chi connectivity index (χ1) is 8.38. The molecule has 96 valence electrons. The summed E-state index contributed by atoms with van der Waals surface area (Å²) >= 11 is 3.34. The maximum Gasteiger partial charge on any atom is 0.128 e. The van der Waals surface area contributed by atoms with Crippen LogP contribution in [0.4, 0.5) is 0 Å². The molecule has 0 fully saturated rings. The number of aromatic amines is 1. The molecular weight excluding hydrogens is 290 g/mol. The Hall–Kier alpha value is -1.13. The number of aromatic nitrogens is 2. The van der Waals surface area contributed by atoms with Gasteiger partial charge in [-0.2, -0.15) is 0 Å². The van der Waals surface area contributed by atoms with Crippen molar-refractivity contribution in [2.75, 3.05) is 0 Å². The molecule has 3 nitrogen and oxygen atoms in total. The van der Waals surface area contributed by atoms with Crippen molar-refractivity contribution in [2.45, 2.75) is 32.2 Å². The summed E-state index contributed by atoms with van der Waals surface area (Å²) < 4.78 is 0.847. The number of hydrogen-bond donors (Lipinski definition) is 2. The van der Waals surface area contributed by atoms with E-state index in [0.29, 0.717) is 0 Å². The van der Waals surface area contributed by atoms with E-state index >= 15 is 0 Å². The molecule has 0 aliphatic rings. The van der Waals surface area contributed by atoms with E-state index in [9.17, 15) is 0 Å². The van der Waals surface area contributed by atoms with Crippen LogP contribution in [0.5, 0.6) is 0 Å². The Bertz CT molecular complexity index is 523. The van der Waals surface area contributed by atoms with Gasteiger partial charge in [-0.1, -0.05) is 45.0 Å². The number of hydrogen-bond acceptors (Lipinski definition) is 2. The van der Waals surface area contributed by atoms with E-state index in [0.717, 1.165) is 16.0 Å². The largest absolute Gasteiger partial charge is 0.335 e. The highest BCUT2D eigenvalue weighted by atomic mass is 79.9. The quantitative estimate of drug-likeness (QED) is 0.892. The van der Waals surface area contributed by atoms with Gasteiger partial charge in [0.05, 0.1) is 12.2 Å². The third-order valence-electron chi connectivity index (χ3n) is 2.99. The van der Waals surface area contributed by atoms with Crippen molar-refractivity contribution in [2.24, 2.45) is 5.73 Å². The molecule has 3 N–H and O–H groups in total. The molecule has 1 heterocycles. The topological polar surface area (TPSA) is 54.7 Å². The molecule has 0 radical (unpaired) electrons. The Labute approximate surface area is 116 Å². The molecule has 0 spiro atoms. The van der Waals surface area contributed by atoms with Crippen LogP contribution < -0.4 is 5.73 Å². The van der Waals surface area contributed by atoms with E-state index in [-0.39, 0.29) is 11.5 Å². The number of nitrogens with zero attached hydrogens (tertiary/aromatic N) is 1. The molecule has 0 amide bonds. The summed E-state index contributed by atoms with van der Waals surface area (Å²) in [7, 11) is 0. The SMILES string of the molecule is CC(C)(C)c1ccc(C(N)c2ncc(Br)[nH]2)cc1. The standard InChI is InChI=1S/C14H18BrN3/c1-14(2,3)10-6-4-9(5-7-10)12(16)13-17-8-11(15)18-13/h4-8,12H,16H2,1-3H3,(H,17,18). The lowest BCUT2D eigenvalue weighted by Gasteiger charge is -2.20. The Morgan fingerprint density at radius 3 is 2.28 bits per heavy atom. The van der Waals surface area contributed by atoms with Gasteiger partial charge in [0.1, 0.15) is 10.4 Å². The van der Waals surface area contributed by atoms with E-state index in [4.69, 9.17) is 5.73 Å². The average Bonchev–Trinajstić information content (AvgIpc) is 2.74. The number of rotatable bonds is 2. The molecule has 2 aromatic rings. The van der Waals surface area contributed by atoms with Crippen molar-refractivity contribution >= 4 is 15.9 Å². The second-order valence-corrected chi connectivity index (χ2v) is 6.32. The Kier molecular flexibility index (Phi) is 3.59. The molecule has 0 aliphatic heterocycles. The zero-order valence-corrected chi connectivity index (χ0v) is 12.5. The minimum absolute atomic E-state index is 0.163. The fourth-order valence-electron chi connectivity index (χ4n) is 1.82. The van der Waals surface area contributed by atoms with Crippen LogP contribution in [0.15, 0.2) is 35.1 Å². The number of nitrogens with two attached hydrogens (primary N) is 1. The number of benzene rings is 1. The smallest absolute Gasteiger partial charge is 0.128 e. The van der Waals surface area contributed by atoms with Gasteiger partial charge in [0, 0.05) is 0 Å². The summed E-state index contributed by atoms with van der Waals surface area (Å²) in [6.45, 7) is 6.60. The zero-order valence-electron chi connectivity index (χ0n) is 10.9. The first-order valence-corrected chi connectivity index (χ1v) is 6.73. The van der Waals surface area contributed by atoms with Gasteiger partial charge in [0.25, 0.3) is 0 Å². The zero-order chi connectivity index (χ0) is 13.3. The predicted octanol–water partition coefficient (Wildman–Crippen LogP) is 3.52. The summed E-state index contributed by atoms with van der Waals surface area (Å²) in [6, 6.07) is 8.19. The van der Waals surface area contributed by atoms with Gasteiger partial charge in [-0.25, -0.2) is 4.98 Å². The fraction of sp³-hybridized carbons (Fsp3) is 0.357. The van der Waals surface area contributed by atoms with Crippen LogP contribution in [-0.2, 0) is 5.41 Å².